The lowest BCUT2D eigenvalue weighted by molar-refractivity contribution is -0.131. The number of rotatable bonds is 3. The SMILES string of the molecule is O=C1N(CC2CCCCC2)C(c2cccs2)NC12CC2. The summed E-state index contributed by atoms with van der Waals surface area (Å²) in [6.07, 6.45) is 8.84. The van der Waals surface area contributed by atoms with Crippen LogP contribution in [0.4, 0.5) is 0 Å². The van der Waals surface area contributed by atoms with Gasteiger partial charge < -0.3 is 4.90 Å². The molecule has 3 aliphatic rings. The van der Waals surface area contributed by atoms with Crippen molar-refractivity contribution >= 4 is 17.2 Å². The van der Waals surface area contributed by atoms with Crippen LogP contribution in [0.3, 0.4) is 0 Å². The molecule has 1 saturated heterocycles. The Balaban J connectivity index is 1.55. The number of nitrogens with zero attached hydrogens (tertiary/aromatic N) is 1. The predicted octanol–water partition coefficient (Wildman–Crippen LogP) is 3.29. The van der Waals surface area contributed by atoms with Crippen LogP contribution in [0.5, 0.6) is 0 Å². The van der Waals surface area contributed by atoms with Crippen LogP contribution in [-0.4, -0.2) is 22.9 Å². The second kappa shape index (κ2) is 4.85. The van der Waals surface area contributed by atoms with Gasteiger partial charge in [0, 0.05) is 11.4 Å². The van der Waals surface area contributed by atoms with Gasteiger partial charge in [-0.15, -0.1) is 11.3 Å². The second-order valence-corrected chi connectivity index (χ2v) is 7.59. The van der Waals surface area contributed by atoms with Crippen molar-refractivity contribution in [2.75, 3.05) is 6.54 Å². The number of carbonyl (C=O) groups excluding carboxylic acids is 1. The fourth-order valence-corrected chi connectivity index (χ4v) is 4.57. The molecular weight excluding hydrogens is 268 g/mol. The normalized spacial score (nSPS) is 29.3. The summed E-state index contributed by atoms with van der Waals surface area (Å²) >= 11 is 1.76. The molecule has 2 saturated carbocycles. The third-order valence-corrected chi connectivity index (χ3v) is 6.06. The van der Waals surface area contributed by atoms with E-state index in [9.17, 15) is 4.79 Å². The van der Waals surface area contributed by atoms with E-state index in [1.54, 1.807) is 11.3 Å². The molecule has 20 heavy (non-hydrogen) atoms. The van der Waals surface area contributed by atoms with E-state index < -0.39 is 0 Å². The van der Waals surface area contributed by atoms with Crippen LogP contribution < -0.4 is 5.32 Å². The van der Waals surface area contributed by atoms with Crippen LogP contribution in [0, 0.1) is 5.92 Å². The van der Waals surface area contributed by atoms with E-state index in [0.717, 1.165) is 19.4 Å². The minimum atomic E-state index is -0.191. The van der Waals surface area contributed by atoms with Crippen LogP contribution in [0.15, 0.2) is 17.5 Å². The monoisotopic (exact) mass is 290 g/mol. The van der Waals surface area contributed by atoms with Gasteiger partial charge in [-0.1, -0.05) is 25.3 Å². The number of carbonyl (C=O) groups is 1. The topological polar surface area (TPSA) is 32.3 Å². The summed E-state index contributed by atoms with van der Waals surface area (Å²) in [5.41, 5.74) is -0.191. The standard InChI is InChI=1S/C16H22N2OS/c19-15-16(8-9-16)17-14(13-7-4-10-20-13)18(15)11-12-5-2-1-3-6-12/h4,7,10,12,14,17H,1-3,5-6,8-9,11H2. The third-order valence-electron chi connectivity index (χ3n) is 5.14. The van der Waals surface area contributed by atoms with E-state index in [1.807, 2.05) is 0 Å². The first kappa shape index (κ1) is 12.8. The van der Waals surface area contributed by atoms with Gasteiger partial charge >= 0.3 is 0 Å². The van der Waals surface area contributed by atoms with E-state index in [2.05, 4.69) is 27.7 Å². The smallest absolute Gasteiger partial charge is 0.244 e. The lowest BCUT2D eigenvalue weighted by Gasteiger charge is -2.30. The number of thiophene rings is 1. The summed E-state index contributed by atoms with van der Waals surface area (Å²) in [6.45, 7) is 0.955. The zero-order valence-electron chi connectivity index (χ0n) is 11.8. The molecule has 0 aromatic carbocycles. The molecule has 0 radical (unpaired) electrons. The largest absolute Gasteiger partial charge is 0.320 e. The highest BCUT2D eigenvalue weighted by molar-refractivity contribution is 7.10. The molecule has 4 rings (SSSR count). The number of amides is 1. The zero-order valence-corrected chi connectivity index (χ0v) is 12.6. The highest BCUT2D eigenvalue weighted by atomic mass is 32.1. The predicted molar refractivity (Wildman–Crippen MR) is 80.4 cm³/mol. The van der Waals surface area contributed by atoms with Gasteiger partial charge in [-0.2, -0.15) is 0 Å². The highest BCUT2D eigenvalue weighted by Crippen LogP contribution is 2.47. The van der Waals surface area contributed by atoms with Crippen molar-refractivity contribution in [2.45, 2.75) is 56.7 Å². The van der Waals surface area contributed by atoms with E-state index in [0.29, 0.717) is 11.8 Å². The van der Waals surface area contributed by atoms with Gasteiger partial charge in [-0.05, 0) is 43.0 Å². The second-order valence-electron chi connectivity index (χ2n) is 6.61. The molecule has 3 nitrogen and oxygen atoms in total. The molecule has 1 spiro atoms. The lowest BCUT2D eigenvalue weighted by Crippen LogP contribution is -2.36. The van der Waals surface area contributed by atoms with Crippen LogP contribution in [-0.2, 0) is 4.79 Å². The molecular formula is C16H22N2OS. The maximum absolute atomic E-state index is 12.7. The van der Waals surface area contributed by atoms with Crippen molar-refractivity contribution in [1.29, 1.82) is 0 Å². The molecule has 1 N–H and O–H groups in total. The molecule has 108 valence electrons. The molecule has 2 aliphatic carbocycles. The van der Waals surface area contributed by atoms with E-state index >= 15 is 0 Å². The van der Waals surface area contributed by atoms with Gasteiger partial charge in [-0.3, -0.25) is 10.1 Å². The van der Waals surface area contributed by atoms with E-state index in [1.165, 1.54) is 37.0 Å². The van der Waals surface area contributed by atoms with Crippen LogP contribution >= 0.6 is 11.3 Å². The number of hydrogen-bond acceptors (Lipinski definition) is 3. The Labute approximate surface area is 124 Å². The third kappa shape index (κ3) is 2.09. The summed E-state index contributed by atoms with van der Waals surface area (Å²) in [5.74, 6) is 1.08. The highest BCUT2D eigenvalue weighted by Gasteiger charge is 2.59. The quantitative estimate of drug-likeness (QED) is 0.926. The minimum absolute atomic E-state index is 0.131. The van der Waals surface area contributed by atoms with Crippen LogP contribution in [0.25, 0.3) is 0 Å². The fraction of sp³-hybridized carbons (Fsp3) is 0.688. The van der Waals surface area contributed by atoms with E-state index in [-0.39, 0.29) is 11.7 Å². The summed E-state index contributed by atoms with van der Waals surface area (Å²) in [6, 6.07) is 4.24. The molecule has 3 fully saturated rings. The molecule has 1 aliphatic heterocycles. The van der Waals surface area contributed by atoms with Gasteiger partial charge in [0.05, 0.1) is 0 Å². The molecule has 0 bridgehead atoms. The van der Waals surface area contributed by atoms with Gasteiger partial charge in [-0.25, -0.2) is 0 Å². The average Bonchev–Trinajstić information content (AvgIpc) is 2.96. The first-order valence-corrected chi connectivity index (χ1v) is 8.79. The molecule has 4 heteroatoms. The lowest BCUT2D eigenvalue weighted by atomic mass is 9.89. The Morgan fingerprint density at radius 1 is 1.30 bits per heavy atom. The number of hydrogen-bond donors (Lipinski definition) is 1. The summed E-state index contributed by atoms with van der Waals surface area (Å²) in [5, 5.41) is 5.73. The summed E-state index contributed by atoms with van der Waals surface area (Å²) < 4.78 is 0. The van der Waals surface area contributed by atoms with Crippen molar-refractivity contribution in [3.63, 3.8) is 0 Å². The van der Waals surface area contributed by atoms with Gasteiger partial charge in [0.1, 0.15) is 11.7 Å². The maximum Gasteiger partial charge on any atom is 0.244 e. The molecule has 1 amide bonds. The van der Waals surface area contributed by atoms with Gasteiger partial charge in [0.15, 0.2) is 0 Å². The van der Waals surface area contributed by atoms with Gasteiger partial charge in [0.25, 0.3) is 0 Å². The van der Waals surface area contributed by atoms with Crippen molar-refractivity contribution in [3.8, 4) is 0 Å². The minimum Gasteiger partial charge on any atom is -0.320 e. The first-order valence-electron chi connectivity index (χ1n) is 7.91. The first-order chi connectivity index (χ1) is 9.78. The summed E-state index contributed by atoms with van der Waals surface area (Å²) in [4.78, 5) is 16.2. The van der Waals surface area contributed by atoms with Crippen molar-refractivity contribution < 1.29 is 4.79 Å². The Bertz CT molecular complexity index is 489. The zero-order chi connectivity index (χ0) is 13.6. The van der Waals surface area contributed by atoms with Crippen LogP contribution in [0.2, 0.25) is 0 Å². The average molecular weight is 290 g/mol. The van der Waals surface area contributed by atoms with Crippen molar-refractivity contribution in [2.24, 2.45) is 5.92 Å². The number of nitrogens with one attached hydrogen (secondary N) is 1. The van der Waals surface area contributed by atoms with Crippen molar-refractivity contribution in [3.05, 3.63) is 22.4 Å². The maximum atomic E-state index is 12.7. The Morgan fingerprint density at radius 2 is 2.10 bits per heavy atom. The Kier molecular flexibility index (Phi) is 3.11. The molecule has 1 aromatic heterocycles. The Morgan fingerprint density at radius 3 is 2.75 bits per heavy atom. The molecule has 1 aromatic rings. The van der Waals surface area contributed by atoms with Gasteiger partial charge in [0.2, 0.25) is 5.91 Å². The summed E-state index contributed by atoms with van der Waals surface area (Å²) in [7, 11) is 0. The van der Waals surface area contributed by atoms with E-state index in [4.69, 9.17) is 0 Å². The molecule has 1 unspecified atom stereocenters. The fourth-order valence-electron chi connectivity index (χ4n) is 3.78. The van der Waals surface area contributed by atoms with Crippen molar-refractivity contribution in [1.82, 2.24) is 10.2 Å². The van der Waals surface area contributed by atoms with Crippen LogP contribution in [0.1, 0.15) is 56.0 Å². The Hall–Kier alpha value is -0.870. The molecule has 2 heterocycles. The molecule has 1 atom stereocenters.